The lowest BCUT2D eigenvalue weighted by Gasteiger charge is -2.03. The lowest BCUT2D eigenvalue weighted by molar-refractivity contribution is 0.0997. The minimum Gasteiger partial charge on any atom is -0.364 e. The van der Waals surface area contributed by atoms with Crippen molar-refractivity contribution in [1.82, 2.24) is 4.98 Å². The van der Waals surface area contributed by atoms with Crippen molar-refractivity contribution >= 4 is 16.7 Å². The number of nitrogens with two attached hydrogens (primary N) is 1. The molecule has 1 heterocycles. The van der Waals surface area contributed by atoms with Gasteiger partial charge in [0.25, 0.3) is 5.91 Å². The molecule has 0 radical (unpaired) electrons. The summed E-state index contributed by atoms with van der Waals surface area (Å²) in [6.07, 6.45) is 1.25. The first-order chi connectivity index (χ1) is 7.09. The summed E-state index contributed by atoms with van der Waals surface area (Å²) in [5.74, 6) is -2.32. The van der Waals surface area contributed by atoms with Gasteiger partial charge in [-0.05, 0) is 12.1 Å². The van der Waals surface area contributed by atoms with Gasteiger partial charge in [-0.15, -0.1) is 0 Å². The maximum atomic E-state index is 13.3. The molecular weight excluding hydrogens is 202 g/mol. The average Bonchev–Trinajstić information content (AvgIpc) is 2.16. The number of benzene rings is 1. The quantitative estimate of drug-likeness (QED) is 0.774. The van der Waals surface area contributed by atoms with Crippen LogP contribution in [0.15, 0.2) is 24.4 Å². The molecule has 0 bridgehead atoms. The zero-order chi connectivity index (χ0) is 11.0. The minimum absolute atomic E-state index is 0.0856. The highest BCUT2D eigenvalue weighted by atomic mass is 19.1. The summed E-state index contributed by atoms with van der Waals surface area (Å²) in [7, 11) is 0. The van der Waals surface area contributed by atoms with E-state index >= 15 is 0 Å². The van der Waals surface area contributed by atoms with Crippen LogP contribution in [0.3, 0.4) is 0 Å². The molecule has 15 heavy (non-hydrogen) atoms. The maximum absolute atomic E-state index is 13.3. The Morgan fingerprint density at radius 2 is 2.00 bits per heavy atom. The first kappa shape index (κ1) is 9.51. The second kappa shape index (κ2) is 3.27. The Hall–Kier alpha value is -2.04. The average molecular weight is 208 g/mol. The smallest absolute Gasteiger partial charge is 0.267 e. The third kappa shape index (κ3) is 1.52. The fraction of sp³-hybridized carbons (Fsp3) is 0. The Morgan fingerprint density at radius 3 is 2.67 bits per heavy atom. The first-order valence-electron chi connectivity index (χ1n) is 4.13. The second-order valence-electron chi connectivity index (χ2n) is 3.01. The lowest BCUT2D eigenvalue weighted by atomic mass is 10.1. The Kier molecular flexibility index (Phi) is 2.07. The van der Waals surface area contributed by atoms with Crippen LogP contribution in [-0.2, 0) is 0 Å². The highest BCUT2D eigenvalue weighted by Crippen LogP contribution is 2.21. The number of hydrogen-bond acceptors (Lipinski definition) is 2. The maximum Gasteiger partial charge on any atom is 0.267 e. The molecule has 1 aromatic heterocycles. The highest BCUT2D eigenvalue weighted by Gasteiger charge is 2.11. The molecule has 0 atom stereocenters. The standard InChI is InChI=1S/C10H6F2N2O/c11-5-3-7-6(8(12)4-5)1-2-14-9(7)10(13)15/h1-4H,(H2,13,15). The lowest BCUT2D eigenvalue weighted by Crippen LogP contribution is -2.13. The Bertz CT molecular complexity index is 554. The van der Waals surface area contributed by atoms with Gasteiger partial charge in [0.05, 0.1) is 0 Å². The molecule has 0 aliphatic rings. The first-order valence-corrected chi connectivity index (χ1v) is 4.13. The predicted molar refractivity (Wildman–Crippen MR) is 50.2 cm³/mol. The van der Waals surface area contributed by atoms with Crippen LogP contribution in [0.2, 0.25) is 0 Å². The van der Waals surface area contributed by atoms with E-state index in [0.717, 1.165) is 12.1 Å². The number of primary amides is 1. The van der Waals surface area contributed by atoms with E-state index in [1.165, 1.54) is 12.3 Å². The van der Waals surface area contributed by atoms with Gasteiger partial charge >= 0.3 is 0 Å². The van der Waals surface area contributed by atoms with Crippen molar-refractivity contribution < 1.29 is 13.6 Å². The van der Waals surface area contributed by atoms with E-state index in [1.807, 2.05) is 0 Å². The zero-order valence-corrected chi connectivity index (χ0v) is 7.50. The summed E-state index contributed by atoms with van der Waals surface area (Å²) < 4.78 is 26.2. The number of rotatable bonds is 1. The third-order valence-corrected chi connectivity index (χ3v) is 2.03. The van der Waals surface area contributed by atoms with Crippen molar-refractivity contribution in [2.75, 3.05) is 0 Å². The van der Waals surface area contributed by atoms with Crippen LogP contribution < -0.4 is 5.73 Å². The summed E-state index contributed by atoms with van der Waals surface area (Å²) in [5.41, 5.74) is 4.90. The van der Waals surface area contributed by atoms with Gasteiger partial charge in [0.15, 0.2) is 0 Å². The van der Waals surface area contributed by atoms with Gasteiger partial charge in [0.1, 0.15) is 17.3 Å². The number of pyridine rings is 1. The Morgan fingerprint density at radius 1 is 1.27 bits per heavy atom. The third-order valence-electron chi connectivity index (χ3n) is 2.03. The highest BCUT2D eigenvalue weighted by molar-refractivity contribution is 6.04. The van der Waals surface area contributed by atoms with E-state index < -0.39 is 17.5 Å². The van der Waals surface area contributed by atoms with Gasteiger partial charge in [-0.1, -0.05) is 0 Å². The molecule has 0 aliphatic carbocycles. The fourth-order valence-corrected chi connectivity index (χ4v) is 1.40. The topological polar surface area (TPSA) is 56.0 Å². The summed E-state index contributed by atoms with van der Waals surface area (Å²) >= 11 is 0. The van der Waals surface area contributed by atoms with Gasteiger partial charge in [0.2, 0.25) is 0 Å². The number of carbonyl (C=O) groups excluding carboxylic acids is 1. The van der Waals surface area contributed by atoms with Crippen molar-refractivity contribution in [1.29, 1.82) is 0 Å². The molecule has 5 heteroatoms. The Balaban J connectivity index is 2.91. The fourth-order valence-electron chi connectivity index (χ4n) is 1.40. The van der Waals surface area contributed by atoms with Crippen molar-refractivity contribution in [3.8, 4) is 0 Å². The van der Waals surface area contributed by atoms with Gasteiger partial charge < -0.3 is 5.73 Å². The monoisotopic (exact) mass is 208 g/mol. The number of carbonyl (C=O) groups is 1. The summed E-state index contributed by atoms with van der Waals surface area (Å²) in [4.78, 5) is 14.6. The van der Waals surface area contributed by atoms with E-state index in [2.05, 4.69) is 4.98 Å². The molecule has 0 unspecified atom stereocenters. The zero-order valence-electron chi connectivity index (χ0n) is 7.50. The van der Waals surface area contributed by atoms with E-state index in [1.54, 1.807) is 0 Å². The number of nitrogens with zero attached hydrogens (tertiary/aromatic N) is 1. The molecule has 1 aromatic carbocycles. The second-order valence-corrected chi connectivity index (χ2v) is 3.01. The van der Waals surface area contributed by atoms with E-state index in [4.69, 9.17) is 5.73 Å². The van der Waals surface area contributed by atoms with Crippen LogP contribution in [-0.4, -0.2) is 10.9 Å². The number of amides is 1. The van der Waals surface area contributed by atoms with Crippen LogP contribution >= 0.6 is 0 Å². The molecule has 76 valence electrons. The largest absolute Gasteiger partial charge is 0.364 e. The molecule has 2 rings (SSSR count). The van der Waals surface area contributed by atoms with E-state index in [-0.39, 0.29) is 16.5 Å². The van der Waals surface area contributed by atoms with Gasteiger partial charge in [-0.3, -0.25) is 9.78 Å². The summed E-state index contributed by atoms with van der Waals surface area (Å²) in [5, 5.41) is 0.211. The molecule has 2 N–H and O–H groups in total. The van der Waals surface area contributed by atoms with Crippen LogP contribution in [0.25, 0.3) is 10.8 Å². The molecule has 3 nitrogen and oxygen atoms in total. The number of aromatic nitrogens is 1. The number of fused-ring (bicyclic) bond motifs is 1. The van der Waals surface area contributed by atoms with Crippen molar-refractivity contribution in [3.05, 3.63) is 41.7 Å². The number of hydrogen-bond donors (Lipinski definition) is 1. The molecule has 0 saturated carbocycles. The van der Waals surface area contributed by atoms with Crippen LogP contribution in [0, 0.1) is 11.6 Å². The molecule has 0 fully saturated rings. The number of halogens is 2. The molecule has 1 amide bonds. The van der Waals surface area contributed by atoms with Crippen LogP contribution in [0.5, 0.6) is 0 Å². The van der Waals surface area contributed by atoms with E-state index in [0.29, 0.717) is 0 Å². The van der Waals surface area contributed by atoms with Crippen molar-refractivity contribution in [2.24, 2.45) is 5.73 Å². The molecule has 0 saturated heterocycles. The molecule has 0 aliphatic heterocycles. The van der Waals surface area contributed by atoms with Gasteiger partial charge in [-0.2, -0.15) is 0 Å². The minimum atomic E-state index is -0.814. The normalized spacial score (nSPS) is 10.5. The van der Waals surface area contributed by atoms with Gasteiger partial charge in [0, 0.05) is 23.0 Å². The summed E-state index contributed by atoms with van der Waals surface area (Å²) in [6.45, 7) is 0. The summed E-state index contributed by atoms with van der Waals surface area (Å²) in [6, 6.07) is 3.13. The van der Waals surface area contributed by atoms with Crippen molar-refractivity contribution in [2.45, 2.75) is 0 Å². The van der Waals surface area contributed by atoms with Crippen molar-refractivity contribution in [3.63, 3.8) is 0 Å². The Labute approximate surface area is 83.5 Å². The van der Waals surface area contributed by atoms with Crippen LogP contribution in [0.1, 0.15) is 10.5 Å². The molecular formula is C10H6F2N2O. The molecule has 2 aromatic rings. The SMILES string of the molecule is NC(=O)c1nccc2c(F)cc(F)cc12. The van der Waals surface area contributed by atoms with Crippen LogP contribution in [0.4, 0.5) is 8.78 Å². The van der Waals surface area contributed by atoms with E-state index in [9.17, 15) is 13.6 Å². The van der Waals surface area contributed by atoms with Gasteiger partial charge in [-0.25, -0.2) is 8.78 Å². The predicted octanol–water partition coefficient (Wildman–Crippen LogP) is 1.61. The molecule has 0 spiro atoms.